The monoisotopic (exact) mass is 169 g/mol. The zero-order valence-electron chi connectivity index (χ0n) is 7.26. The molecule has 1 saturated heterocycles. The van der Waals surface area contributed by atoms with Crippen LogP contribution in [0.4, 0.5) is 0 Å². The van der Waals surface area contributed by atoms with Crippen LogP contribution in [0.2, 0.25) is 0 Å². The minimum atomic E-state index is -1.14. The van der Waals surface area contributed by atoms with Crippen LogP contribution in [-0.4, -0.2) is 19.2 Å². The average Bonchev–Trinajstić information content (AvgIpc) is 1.96. The topological polar surface area (TPSA) is 49.4 Å². The van der Waals surface area contributed by atoms with Crippen LogP contribution >= 0.6 is 0 Å². The standard InChI is InChI=1S/C9H14O3/c1-3-9(5-12-6-9)4-7(2)8(10)11/h2-6H2,1H3,(H,10,11)/p-1. The molecule has 0 bridgehead atoms. The Balaban J connectivity index is 2.48. The number of carbonyl (C=O) groups is 1. The van der Waals surface area contributed by atoms with Crippen molar-refractivity contribution >= 4 is 5.97 Å². The lowest BCUT2D eigenvalue weighted by Crippen LogP contribution is -2.43. The van der Waals surface area contributed by atoms with Crippen molar-refractivity contribution in [1.82, 2.24) is 0 Å². The second kappa shape index (κ2) is 3.27. The fourth-order valence-corrected chi connectivity index (χ4v) is 1.35. The third-order valence-electron chi connectivity index (χ3n) is 2.44. The summed E-state index contributed by atoms with van der Waals surface area (Å²) in [6.45, 7) is 6.78. The molecule has 1 heterocycles. The summed E-state index contributed by atoms with van der Waals surface area (Å²) >= 11 is 0. The van der Waals surface area contributed by atoms with Crippen molar-refractivity contribution in [2.75, 3.05) is 13.2 Å². The van der Waals surface area contributed by atoms with Crippen LogP contribution in [0.5, 0.6) is 0 Å². The van der Waals surface area contributed by atoms with Crippen molar-refractivity contribution in [1.29, 1.82) is 0 Å². The van der Waals surface area contributed by atoms with Gasteiger partial charge in [-0.1, -0.05) is 13.5 Å². The Morgan fingerprint density at radius 2 is 2.25 bits per heavy atom. The Morgan fingerprint density at radius 1 is 1.67 bits per heavy atom. The third kappa shape index (κ3) is 1.67. The molecule has 1 aliphatic heterocycles. The van der Waals surface area contributed by atoms with Crippen LogP contribution in [0.15, 0.2) is 12.2 Å². The van der Waals surface area contributed by atoms with Gasteiger partial charge in [-0.05, 0) is 18.4 Å². The van der Waals surface area contributed by atoms with Gasteiger partial charge >= 0.3 is 0 Å². The minimum absolute atomic E-state index is 0.0250. The van der Waals surface area contributed by atoms with E-state index in [0.717, 1.165) is 6.42 Å². The van der Waals surface area contributed by atoms with Gasteiger partial charge in [0.1, 0.15) is 0 Å². The number of carbonyl (C=O) groups excluding carboxylic acids is 1. The highest BCUT2D eigenvalue weighted by Crippen LogP contribution is 2.36. The molecule has 0 spiro atoms. The van der Waals surface area contributed by atoms with E-state index in [1.807, 2.05) is 6.92 Å². The number of hydrogen-bond acceptors (Lipinski definition) is 3. The summed E-state index contributed by atoms with van der Waals surface area (Å²) in [6.07, 6.45) is 1.42. The van der Waals surface area contributed by atoms with Gasteiger partial charge in [-0.25, -0.2) is 0 Å². The summed E-state index contributed by atoms with van der Waals surface area (Å²) in [5.41, 5.74) is 0.206. The van der Waals surface area contributed by atoms with Crippen molar-refractivity contribution in [2.24, 2.45) is 5.41 Å². The summed E-state index contributed by atoms with van der Waals surface area (Å²) in [5.74, 6) is -1.14. The van der Waals surface area contributed by atoms with Crippen LogP contribution in [0.25, 0.3) is 0 Å². The fourth-order valence-electron chi connectivity index (χ4n) is 1.35. The van der Waals surface area contributed by atoms with Crippen LogP contribution in [-0.2, 0) is 9.53 Å². The molecule has 0 radical (unpaired) electrons. The van der Waals surface area contributed by atoms with Crippen molar-refractivity contribution < 1.29 is 14.6 Å². The quantitative estimate of drug-likeness (QED) is 0.561. The second-order valence-electron chi connectivity index (χ2n) is 3.41. The van der Waals surface area contributed by atoms with Gasteiger partial charge in [-0.2, -0.15) is 0 Å². The summed E-state index contributed by atoms with van der Waals surface area (Å²) < 4.78 is 5.06. The van der Waals surface area contributed by atoms with E-state index in [4.69, 9.17) is 4.74 Å². The molecule has 3 heteroatoms. The Morgan fingerprint density at radius 3 is 2.50 bits per heavy atom. The fraction of sp³-hybridized carbons (Fsp3) is 0.667. The molecule has 0 aromatic heterocycles. The zero-order chi connectivity index (χ0) is 9.19. The smallest absolute Gasteiger partial charge is 0.0669 e. The van der Waals surface area contributed by atoms with E-state index >= 15 is 0 Å². The molecule has 0 aliphatic carbocycles. The largest absolute Gasteiger partial charge is 0.545 e. The molecule has 1 rings (SSSR count). The van der Waals surface area contributed by atoms with Gasteiger partial charge < -0.3 is 14.6 Å². The molecular formula is C9H13O3-. The first-order chi connectivity index (χ1) is 5.59. The summed E-state index contributed by atoms with van der Waals surface area (Å²) in [4.78, 5) is 10.4. The highest BCUT2D eigenvalue weighted by Gasteiger charge is 2.36. The van der Waals surface area contributed by atoms with Gasteiger partial charge in [0.15, 0.2) is 0 Å². The number of aliphatic carboxylic acids is 1. The highest BCUT2D eigenvalue weighted by molar-refractivity contribution is 5.83. The van der Waals surface area contributed by atoms with Crippen molar-refractivity contribution in [2.45, 2.75) is 19.8 Å². The predicted octanol–water partition coefficient (Wildman–Crippen LogP) is 0.109. The summed E-state index contributed by atoms with van der Waals surface area (Å²) in [7, 11) is 0. The molecule has 68 valence electrons. The van der Waals surface area contributed by atoms with Crippen molar-refractivity contribution in [3.8, 4) is 0 Å². The normalized spacial score (nSPS) is 19.8. The molecule has 0 atom stereocenters. The van der Waals surface area contributed by atoms with E-state index in [0.29, 0.717) is 19.6 Å². The molecule has 1 fully saturated rings. The van der Waals surface area contributed by atoms with Gasteiger partial charge in [0.05, 0.1) is 19.2 Å². The molecule has 0 N–H and O–H groups in total. The molecule has 0 unspecified atom stereocenters. The van der Waals surface area contributed by atoms with Crippen LogP contribution in [0.3, 0.4) is 0 Å². The Kier molecular flexibility index (Phi) is 2.52. The maximum absolute atomic E-state index is 10.4. The first kappa shape index (κ1) is 9.26. The Hall–Kier alpha value is -0.830. The van der Waals surface area contributed by atoms with E-state index in [1.54, 1.807) is 0 Å². The van der Waals surface area contributed by atoms with Gasteiger partial charge in [0.2, 0.25) is 0 Å². The molecule has 0 aromatic rings. The van der Waals surface area contributed by atoms with Crippen molar-refractivity contribution in [3.05, 3.63) is 12.2 Å². The summed E-state index contributed by atoms with van der Waals surface area (Å²) in [5, 5.41) is 10.4. The molecule has 3 nitrogen and oxygen atoms in total. The van der Waals surface area contributed by atoms with Crippen molar-refractivity contribution in [3.63, 3.8) is 0 Å². The first-order valence-electron chi connectivity index (χ1n) is 4.06. The van der Waals surface area contributed by atoms with Gasteiger partial charge in [0, 0.05) is 5.41 Å². The molecular weight excluding hydrogens is 156 g/mol. The molecule has 12 heavy (non-hydrogen) atoms. The molecule has 1 aliphatic rings. The van der Waals surface area contributed by atoms with E-state index in [1.165, 1.54) is 0 Å². The van der Waals surface area contributed by atoms with Gasteiger partial charge in [0.25, 0.3) is 0 Å². The van der Waals surface area contributed by atoms with E-state index in [2.05, 4.69) is 6.58 Å². The Labute approximate surface area is 72.0 Å². The summed E-state index contributed by atoms with van der Waals surface area (Å²) in [6, 6.07) is 0. The molecule has 0 saturated carbocycles. The van der Waals surface area contributed by atoms with E-state index in [-0.39, 0.29) is 11.0 Å². The van der Waals surface area contributed by atoms with Crippen LogP contribution in [0.1, 0.15) is 19.8 Å². The number of ether oxygens (including phenoxy) is 1. The average molecular weight is 169 g/mol. The number of hydrogen-bond donors (Lipinski definition) is 0. The highest BCUT2D eigenvalue weighted by atomic mass is 16.5. The zero-order valence-corrected chi connectivity index (χ0v) is 7.26. The maximum atomic E-state index is 10.4. The van der Waals surface area contributed by atoms with Gasteiger partial charge in [-0.3, -0.25) is 0 Å². The lowest BCUT2D eigenvalue weighted by molar-refractivity contribution is -0.300. The molecule has 0 aromatic carbocycles. The lowest BCUT2D eigenvalue weighted by atomic mass is 9.78. The minimum Gasteiger partial charge on any atom is -0.545 e. The third-order valence-corrected chi connectivity index (χ3v) is 2.44. The lowest BCUT2D eigenvalue weighted by Gasteiger charge is -2.41. The van der Waals surface area contributed by atoms with E-state index in [9.17, 15) is 9.90 Å². The second-order valence-corrected chi connectivity index (χ2v) is 3.41. The molecule has 0 amide bonds. The predicted molar refractivity (Wildman–Crippen MR) is 42.3 cm³/mol. The van der Waals surface area contributed by atoms with Crippen LogP contribution < -0.4 is 5.11 Å². The number of rotatable bonds is 4. The van der Waals surface area contributed by atoms with Crippen LogP contribution in [0, 0.1) is 5.41 Å². The van der Waals surface area contributed by atoms with Gasteiger partial charge in [-0.15, -0.1) is 0 Å². The maximum Gasteiger partial charge on any atom is 0.0669 e. The Bertz CT molecular complexity index is 198. The number of carboxylic acids is 1. The SMILES string of the molecule is C=C(CC1(CC)COC1)C(=O)[O-]. The number of carboxylic acid groups (broad SMARTS) is 1. The first-order valence-corrected chi connectivity index (χ1v) is 4.06. The van der Waals surface area contributed by atoms with E-state index < -0.39 is 5.97 Å².